The van der Waals surface area contributed by atoms with Crippen LogP contribution in [0, 0.1) is 10.1 Å². The fourth-order valence-electron chi connectivity index (χ4n) is 1.80. The maximum absolute atomic E-state index is 11.8. The molecule has 0 fully saturated rings. The Morgan fingerprint density at radius 1 is 1.40 bits per heavy atom. The largest absolute Gasteiger partial charge is 0.354 e. The molecule has 3 N–H and O–H groups in total. The number of non-ortho nitro benzene ring substituents is 1. The van der Waals surface area contributed by atoms with Gasteiger partial charge in [0.05, 0.1) is 11.3 Å². The summed E-state index contributed by atoms with van der Waals surface area (Å²) in [5, 5.41) is 13.5. The Balaban J connectivity index is 2.59. The number of carbonyl (C=O) groups excluding carboxylic acids is 1. The lowest BCUT2D eigenvalue weighted by Gasteiger charge is -2.26. The van der Waals surface area contributed by atoms with Crippen molar-refractivity contribution in [2.24, 2.45) is 5.73 Å². The van der Waals surface area contributed by atoms with Gasteiger partial charge in [0.2, 0.25) is 5.91 Å². The predicted molar refractivity (Wildman–Crippen MR) is 77.3 cm³/mol. The Morgan fingerprint density at radius 2 is 2.05 bits per heavy atom. The highest BCUT2D eigenvalue weighted by atomic mass is 16.6. The molecule has 0 atom stereocenters. The first-order chi connectivity index (χ1) is 9.40. The number of amides is 1. The molecule has 1 aromatic rings. The number of benzene rings is 1. The molecule has 1 rings (SSSR count). The molecule has 6 nitrogen and oxygen atoms in total. The Kier molecular flexibility index (Phi) is 5.64. The minimum Gasteiger partial charge on any atom is -0.354 e. The van der Waals surface area contributed by atoms with Crippen LogP contribution in [0.3, 0.4) is 0 Å². The number of hydrogen-bond donors (Lipinski definition) is 2. The SMILES string of the molecule is CCC(N)(CC)CNC(=O)Cc1cccc([N+](=O)[O-])c1. The second kappa shape index (κ2) is 7.00. The van der Waals surface area contributed by atoms with Gasteiger partial charge in [-0.25, -0.2) is 0 Å². The summed E-state index contributed by atoms with van der Waals surface area (Å²) in [6.07, 6.45) is 1.67. The number of nitrogens with one attached hydrogen (secondary N) is 1. The van der Waals surface area contributed by atoms with Crippen molar-refractivity contribution in [1.82, 2.24) is 5.32 Å². The average molecular weight is 279 g/mol. The van der Waals surface area contributed by atoms with Crippen molar-refractivity contribution >= 4 is 11.6 Å². The van der Waals surface area contributed by atoms with Crippen LogP contribution in [-0.4, -0.2) is 22.9 Å². The fourth-order valence-corrected chi connectivity index (χ4v) is 1.80. The van der Waals surface area contributed by atoms with E-state index in [-0.39, 0.29) is 18.0 Å². The third kappa shape index (κ3) is 4.62. The zero-order valence-corrected chi connectivity index (χ0v) is 11.9. The van der Waals surface area contributed by atoms with Crippen LogP contribution in [0.25, 0.3) is 0 Å². The van der Waals surface area contributed by atoms with Gasteiger partial charge in [-0.2, -0.15) is 0 Å². The van der Waals surface area contributed by atoms with Gasteiger partial charge in [-0.1, -0.05) is 26.0 Å². The Hall–Kier alpha value is -1.95. The fraction of sp³-hybridized carbons (Fsp3) is 0.500. The number of nitro groups is 1. The highest BCUT2D eigenvalue weighted by Gasteiger charge is 2.20. The van der Waals surface area contributed by atoms with Gasteiger partial charge in [-0.05, 0) is 18.4 Å². The lowest BCUT2D eigenvalue weighted by molar-refractivity contribution is -0.384. The van der Waals surface area contributed by atoms with Gasteiger partial charge in [0, 0.05) is 24.2 Å². The smallest absolute Gasteiger partial charge is 0.269 e. The summed E-state index contributed by atoms with van der Waals surface area (Å²) in [4.78, 5) is 22.0. The summed E-state index contributed by atoms with van der Waals surface area (Å²) < 4.78 is 0. The molecule has 1 aromatic carbocycles. The number of nitrogens with zero attached hydrogens (tertiary/aromatic N) is 1. The summed E-state index contributed by atoms with van der Waals surface area (Å²) in [5.74, 6) is -0.178. The maximum atomic E-state index is 11.8. The molecule has 0 aliphatic rings. The van der Waals surface area contributed by atoms with Crippen LogP contribution in [0.15, 0.2) is 24.3 Å². The van der Waals surface area contributed by atoms with Crippen LogP contribution in [-0.2, 0) is 11.2 Å². The molecule has 0 aromatic heterocycles. The maximum Gasteiger partial charge on any atom is 0.269 e. The summed E-state index contributed by atoms with van der Waals surface area (Å²) >= 11 is 0. The summed E-state index contributed by atoms with van der Waals surface area (Å²) in [5.41, 5.74) is 6.32. The van der Waals surface area contributed by atoms with E-state index in [9.17, 15) is 14.9 Å². The lowest BCUT2D eigenvalue weighted by atomic mass is 9.94. The van der Waals surface area contributed by atoms with Crippen molar-refractivity contribution in [2.45, 2.75) is 38.6 Å². The highest BCUT2D eigenvalue weighted by Crippen LogP contribution is 2.14. The topological polar surface area (TPSA) is 98.3 Å². The molecule has 0 aliphatic heterocycles. The van der Waals surface area contributed by atoms with Crippen molar-refractivity contribution in [3.05, 3.63) is 39.9 Å². The number of nitro benzene ring substituents is 1. The lowest BCUT2D eigenvalue weighted by Crippen LogP contribution is -2.49. The van der Waals surface area contributed by atoms with E-state index in [0.29, 0.717) is 12.1 Å². The second-order valence-electron chi connectivity index (χ2n) is 4.95. The van der Waals surface area contributed by atoms with Gasteiger partial charge in [0.25, 0.3) is 5.69 Å². The van der Waals surface area contributed by atoms with E-state index in [2.05, 4.69) is 5.32 Å². The molecule has 1 amide bonds. The van der Waals surface area contributed by atoms with Gasteiger partial charge in [-0.15, -0.1) is 0 Å². The molecule has 20 heavy (non-hydrogen) atoms. The van der Waals surface area contributed by atoms with E-state index in [1.165, 1.54) is 12.1 Å². The van der Waals surface area contributed by atoms with E-state index in [0.717, 1.165) is 12.8 Å². The number of rotatable bonds is 7. The molecule has 0 saturated carbocycles. The first-order valence-corrected chi connectivity index (χ1v) is 6.69. The molecular formula is C14H21N3O3. The first-order valence-electron chi connectivity index (χ1n) is 6.69. The standard InChI is InChI=1S/C14H21N3O3/c1-3-14(15,4-2)10-16-13(18)9-11-6-5-7-12(8-11)17(19)20/h5-8H,3-4,9-10,15H2,1-2H3,(H,16,18). The van der Waals surface area contributed by atoms with Gasteiger partial charge in [0.15, 0.2) is 0 Å². The molecule has 0 heterocycles. The van der Waals surface area contributed by atoms with Crippen molar-refractivity contribution in [3.63, 3.8) is 0 Å². The molecule has 110 valence electrons. The Morgan fingerprint density at radius 3 is 2.60 bits per heavy atom. The second-order valence-corrected chi connectivity index (χ2v) is 4.95. The summed E-state index contributed by atoms with van der Waals surface area (Å²) in [7, 11) is 0. The molecular weight excluding hydrogens is 258 g/mol. The van der Waals surface area contributed by atoms with Crippen LogP contribution in [0.5, 0.6) is 0 Å². The molecule has 0 unspecified atom stereocenters. The molecule has 0 bridgehead atoms. The van der Waals surface area contributed by atoms with Crippen LogP contribution in [0.4, 0.5) is 5.69 Å². The van der Waals surface area contributed by atoms with Gasteiger partial charge in [0.1, 0.15) is 0 Å². The van der Waals surface area contributed by atoms with Crippen molar-refractivity contribution in [3.8, 4) is 0 Å². The Bertz CT molecular complexity index is 484. The van der Waals surface area contributed by atoms with E-state index >= 15 is 0 Å². The minimum absolute atomic E-state index is 0.00871. The molecule has 0 spiro atoms. The monoisotopic (exact) mass is 279 g/mol. The van der Waals surface area contributed by atoms with Crippen molar-refractivity contribution < 1.29 is 9.72 Å². The zero-order valence-electron chi connectivity index (χ0n) is 11.9. The number of hydrogen-bond acceptors (Lipinski definition) is 4. The highest BCUT2D eigenvalue weighted by molar-refractivity contribution is 5.78. The normalized spacial score (nSPS) is 11.2. The minimum atomic E-state index is -0.472. The Labute approximate surface area is 118 Å². The van der Waals surface area contributed by atoms with Gasteiger partial charge >= 0.3 is 0 Å². The van der Waals surface area contributed by atoms with Crippen LogP contribution < -0.4 is 11.1 Å². The summed E-state index contributed by atoms with van der Waals surface area (Å²) in [6, 6.07) is 6.09. The first kappa shape index (κ1) is 16.1. The van der Waals surface area contributed by atoms with E-state index < -0.39 is 10.5 Å². The third-order valence-corrected chi connectivity index (χ3v) is 3.53. The molecule has 0 aliphatic carbocycles. The van der Waals surface area contributed by atoms with Gasteiger partial charge in [-0.3, -0.25) is 14.9 Å². The van der Waals surface area contributed by atoms with Crippen molar-refractivity contribution in [1.29, 1.82) is 0 Å². The van der Waals surface area contributed by atoms with Gasteiger partial charge < -0.3 is 11.1 Å². The van der Waals surface area contributed by atoms with Crippen LogP contribution >= 0.6 is 0 Å². The van der Waals surface area contributed by atoms with Crippen LogP contribution in [0.1, 0.15) is 32.3 Å². The molecule has 6 heteroatoms. The average Bonchev–Trinajstić information content (AvgIpc) is 2.45. The summed E-state index contributed by atoms with van der Waals surface area (Å²) in [6.45, 7) is 4.38. The van der Waals surface area contributed by atoms with E-state index in [1.807, 2.05) is 13.8 Å². The quantitative estimate of drug-likeness (QED) is 0.587. The number of nitrogens with two attached hydrogens (primary N) is 1. The van der Waals surface area contributed by atoms with Crippen LogP contribution in [0.2, 0.25) is 0 Å². The number of carbonyl (C=O) groups is 1. The molecule has 0 saturated heterocycles. The zero-order chi connectivity index (χ0) is 15.2. The van der Waals surface area contributed by atoms with E-state index in [1.54, 1.807) is 12.1 Å². The third-order valence-electron chi connectivity index (χ3n) is 3.53. The van der Waals surface area contributed by atoms with Crippen molar-refractivity contribution in [2.75, 3.05) is 6.54 Å². The van der Waals surface area contributed by atoms with E-state index in [4.69, 9.17) is 5.73 Å². The predicted octanol–water partition coefficient (Wildman–Crippen LogP) is 1.77. The molecule has 0 radical (unpaired) electrons.